The molecule has 0 saturated heterocycles. The van der Waals surface area contributed by atoms with Crippen molar-refractivity contribution in [3.05, 3.63) is 12.2 Å². The van der Waals surface area contributed by atoms with Crippen LogP contribution >= 0.6 is 0 Å². The molecule has 0 aromatic carbocycles. The molecule has 2 heteroatoms. The van der Waals surface area contributed by atoms with Crippen molar-refractivity contribution in [2.24, 2.45) is 17.8 Å². The van der Waals surface area contributed by atoms with E-state index in [0.29, 0.717) is 24.3 Å². The van der Waals surface area contributed by atoms with E-state index in [0.717, 1.165) is 5.57 Å². The van der Waals surface area contributed by atoms with Gasteiger partial charge in [0.2, 0.25) is 5.91 Å². The molecule has 2 atom stereocenters. The third-order valence-corrected chi connectivity index (χ3v) is 3.52. The average Bonchev–Trinajstić information content (AvgIpc) is 2.88. The molecule has 0 radical (unpaired) electrons. The number of carbonyl (C=O) groups is 1. The van der Waals surface area contributed by atoms with Gasteiger partial charge in [-0.2, -0.15) is 0 Å². The first-order valence-electron chi connectivity index (χ1n) is 5.62. The highest BCUT2D eigenvalue weighted by Gasteiger charge is 2.54. The maximum Gasteiger partial charge on any atom is 0.223 e. The zero-order valence-electron chi connectivity index (χ0n) is 8.88. The summed E-state index contributed by atoms with van der Waals surface area (Å²) in [4.78, 5) is 11.7. The fourth-order valence-electron chi connectivity index (χ4n) is 2.74. The fourth-order valence-corrected chi connectivity index (χ4v) is 2.74. The summed E-state index contributed by atoms with van der Waals surface area (Å²) >= 11 is 0. The van der Waals surface area contributed by atoms with Gasteiger partial charge in [0, 0.05) is 12.5 Å². The van der Waals surface area contributed by atoms with Crippen LogP contribution in [0.1, 0.15) is 32.6 Å². The lowest BCUT2D eigenvalue weighted by Gasteiger charge is -2.04. The van der Waals surface area contributed by atoms with Crippen LogP contribution in [0.25, 0.3) is 0 Å². The van der Waals surface area contributed by atoms with Gasteiger partial charge in [-0.3, -0.25) is 4.79 Å². The molecule has 0 spiro atoms. The molecule has 14 heavy (non-hydrogen) atoms. The van der Waals surface area contributed by atoms with Crippen LogP contribution in [0.2, 0.25) is 0 Å². The van der Waals surface area contributed by atoms with E-state index in [1.54, 1.807) is 0 Å². The van der Waals surface area contributed by atoms with Crippen molar-refractivity contribution in [1.29, 1.82) is 0 Å². The normalized spacial score (nSPS) is 34.5. The Morgan fingerprint density at radius 1 is 1.36 bits per heavy atom. The average molecular weight is 193 g/mol. The van der Waals surface area contributed by atoms with E-state index < -0.39 is 0 Å². The van der Waals surface area contributed by atoms with Crippen LogP contribution < -0.4 is 5.32 Å². The first-order chi connectivity index (χ1) is 6.70. The van der Waals surface area contributed by atoms with Crippen LogP contribution in [-0.2, 0) is 4.79 Å². The van der Waals surface area contributed by atoms with Crippen LogP contribution in [0.15, 0.2) is 12.2 Å². The molecule has 2 fully saturated rings. The predicted octanol–water partition coefficient (Wildman–Crippen LogP) is 2.11. The summed E-state index contributed by atoms with van der Waals surface area (Å²) in [6.07, 6.45) is 5.20. The molecule has 2 nitrogen and oxygen atoms in total. The Kier molecular flexibility index (Phi) is 2.62. The third kappa shape index (κ3) is 1.84. The monoisotopic (exact) mass is 193 g/mol. The van der Waals surface area contributed by atoms with E-state index in [-0.39, 0.29) is 5.91 Å². The molecule has 2 rings (SSSR count). The Labute approximate surface area is 85.8 Å². The molecular weight excluding hydrogens is 174 g/mol. The second kappa shape index (κ2) is 3.76. The summed E-state index contributed by atoms with van der Waals surface area (Å²) in [5.74, 6) is 2.05. The Bertz CT molecular complexity index is 247. The molecular formula is C12H19NO. The quantitative estimate of drug-likeness (QED) is 0.683. The van der Waals surface area contributed by atoms with Gasteiger partial charge in [-0.25, -0.2) is 0 Å². The van der Waals surface area contributed by atoms with Gasteiger partial charge in [0.05, 0.1) is 0 Å². The summed E-state index contributed by atoms with van der Waals surface area (Å²) in [5.41, 5.74) is 1.03. The smallest absolute Gasteiger partial charge is 0.223 e. The second-order valence-corrected chi connectivity index (χ2v) is 4.81. The van der Waals surface area contributed by atoms with Gasteiger partial charge in [0.1, 0.15) is 0 Å². The first-order valence-corrected chi connectivity index (χ1v) is 5.62. The number of fused-ring (bicyclic) bond motifs is 1. The van der Waals surface area contributed by atoms with Gasteiger partial charge in [0.25, 0.3) is 0 Å². The topological polar surface area (TPSA) is 29.1 Å². The molecule has 1 N–H and O–H groups in total. The number of hydrogen-bond donors (Lipinski definition) is 1. The molecule has 0 aromatic rings. The number of nitrogens with one attached hydrogen (secondary N) is 1. The SMILES string of the molecule is C=C(C)CNC(=O)C1C2CCCCC21. The highest BCUT2D eigenvalue weighted by Crippen LogP contribution is 2.55. The van der Waals surface area contributed by atoms with Crippen molar-refractivity contribution < 1.29 is 4.79 Å². The summed E-state index contributed by atoms with van der Waals surface area (Å²) in [6.45, 7) is 6.38. The Balaban J connectivity index is 1.79. The fraction of sp³-hybridized carbons (Fsp3) is 0.750. The molecule has 1 amide bonds. The number of hydrogen-bond acceptors (Lipinski definition) is 1. The van der Waals surface area contributed by atoms with Gasteiger partial charge in [-0.1, -0.05) is 25.0 Å². The largest absolute Gasteiger partial charge is 0.352 e. The van der Waals surface area contributed by atoms with Gasteiger partial charge < -0.3 is 5.32 Å². The van der Waals surface area contributed by atoms with E-state index in [1.807, 2.05) is 6.92 Å². The minimum absolute atomic E-state index is 0.268. The number of carbonyl (C=O) groups excluding carboxylic acids is 1. The zero-order valence-corrected chi connectivity index (χ0v) is 8.88. The summed E-state index contributed by atoms with van der Waals surface area (Å²) in [7, 11) is 0. The van der Waals surface area contributed by atoms with E-state index in [2.05, 4.69) is 11.9 Å². The van der Waals surface area contributed by atoms with Crippen molar-refractivity contribution >= 4 is 5.91 Å². The number of rotatable bonds is 3. The summed E-state index contributed by atoms with van der Waals surface area (Å²) in [6, 6.07) is 0. The minimum atomic E-state index is 0.268. The van der Waals surface area contributed by atoms with Crippen LogP contribution in [-0.4, -0.2) is 12.5 Å². The van der Waals surface area contributed by atoms with Gasteiger partial charge in [0.15, 0.2) is 0 Å². The van der Waals surface area contributed by atoms with Gasteiger partial charge in [-0.15, -0.1) is 0 Å². The molecule has 78 valence electrons. The van der Waals surface area contributed by atoms with Crippen LogP contribution in [0, 0.1) is 17.8 Å². The standard InChI is InChI=1S/C12H19NO/c1-8(2)7-13-12(14)11-9-5-3-4-6-10(9)11/h9-11H,1,3-7H2,2H3,(H,13,14). The minimum Gasteiger partial charge on any atom is -0.352 e. The van der Waals surface area contributed by atoms with Gasteiger partial charge in [-0.05, 0) is 31.6 Å². The van der Waals surface area contributed by atoms with Crippen molar-refractivity contribution in [3.63, 3.8) is 0 Å². The van der Waals surface area contributed by atoms with Gasteiger partial charge >= 0.3 is 0 Å². The summed E-state index contributed by atoms with van der Waals surface area (Å²) < 4.78 is 0. The van der Waals surface area contributed by atoms with Crippen LogP contribution in [0.4, 0.5) is 0 Å². The summed E-state index contributed by atoms with van der Waals surface area (Å²) in [5, 5.41) is 2.96. The van der Waals surface area contributed by atoms with E-state index in [9.17, 15) is 4.79 Å². The first kappa shape index (κ1) is 9.75. The van der Waals surface area contributed by atoms with Crippen molar-refractivity contribution in [1.82, 2.24) is 5.32 Å². The number of amides is 1. The van der Waals surface area contributed by atoms with E-state index >= 15 is 0 Å². The lowest BCUT2D eigenvalue weighted by molar-refractivity contribution is -0.122. The molecule has 0 bridgehead atoms. The Morgan fingerprint density at radius 2 is 1.93 bits per heavy atom. The maximum absolute atomic E-state index is 11.7. The van der Waals surface area contributed by atoms with Crippen molar-refractivity contribution in [3.8, 4) is 0 Å². The molecule has 0 heterocycles. The molecule has 0 aromatic heterocycles. The van der Waals surface area contributed by atoms with Crippen LogP contribution in [0.3, 0.4) is 0 Å². The Hall–Kier alpha value is -0.790. The maximum atomic E-state index is 11.7. The highest BCUT2D eigenvalue weighted by molar-refractivity contribution is 5.82. The lowest BCUT2D eigenvalue weighted by Crippen LogP contribution is -2.27. The Morgan fingerprint density at radius 3 is 2.43 bits per heavy atom. The van der Waals surface area contributed by atoms with Crippen LogP contribution in [0.5, 0.6) is 0 Å². The molecule has 2 aliphatic rings. The van der Waals surface area contributed by atoms with E-state index in [1.165, 1.54) is 25.7 Å². The molecule has 2 saturated carbocycles. The third-order valence-electron chi connectivity index (χ3n) is 3.52. The highest BCUT2D eigenvalue weighted by atomic mass is 16.2. The lowest BCUT2D eigenvalue weighted by atomic mass is 10.0. The molecule has 2 aliphatic carbocycles. The zero-order chi connectivity index (χ0) is 10.1. The van der Waals surface area contributed by atoms with Crippen molar-refractivity contribution in [2.45, 2.75) is 32.6 Å². The second-order valence-electron chi connectivity index (χ2n) is 4.81. The molecule has 2 unspecified atom stereocenters. The molecule has 0 aliphatic heterocycles. The predicted molar refractivity (Wildman–Crippen MR) is 56.8 cm³/mol. The van der Waals surface area contributed by atoms with Crippen molar-refractivity contribution in [2.75, 3.05) is 6.54 Å². The van der Waals surface area contributed by atoms with E-state index in [4.69, 9.17) is 0 Å².